The molecule has 2 aromatic carbocycles. The van der Waals surface area contributed by atoms with Gasteiger partial charge < -0.3 is 14.8 Å². The predicted octanol–water partition coefficient (Wildman–Crippen LogP) is 3.57. The highest BCUT2D eigenvalue weighted by Gasteiger charge is 2.06. The van der Waals surface area contributed by atoms with Crippen molar-refractivity contribution in [2.24, 2.45) is 0 Å². The van der Waals surface area contributed by atoms with Gasteiger partial charge in [-0.15, -0.1) is 0 Å². The summed E-state index contributed by atoms with van der Waals surface area (Å²) in [7, 11) is 1.66. The second-order valence-electron chi connectivity index (χ2n) is 6.22. The molecule has 5 nitrogen and oxygen atoms in total. The van der Waals surface area contributed by atoms with E-state index in [4.69, 9.17) is 9.47 Å². The van der Waals surface area contributed by atoms with Crippen LogP contribution in [0, 0.1) is 6.92 Å². The van der Waals surface area contributed by atoms with Gasteiger partial charge in [0.05, 0.1) is 19.9 Å². The number of aromatic nitrogens is 2. The van der Waals surface area contributed by atoms with Crippen LogP contribution in [0.1, 0.15) is 16.7 Å². The van der Waals surface area contributed by atoms with Gasteiger partial charge in [-0.1, -0.05) is 36.4 Å². The number of nitrogens with zero attached hydrogens (tertiary/aromatic N) is 2. The molecule has 0 atom stereocenters. The van der Waals surface area contributed by atoms with E-state index in [-0.39, 0.29) is 0 Å². The van der Waals surface area contributed by atoms with Crippen molar-refractivity contribution in [3.8, 4) is 11.5 Å². The summed E-state index contributed by atoms with van der Waals surface area (Å²) in [4.78, 5) is 0. The molecule has 0 bridgehead atoms. The van der Waals surface area contributed by atoms with Gasteiger partial charge in [-0.2, -0.15) is 5.10 Å². The standard InChI is InChI=1S/C21H25N3O2/c1-17-13-23-24(15-17)11-10-22-14-19-8-9-20(25-2)21(12-19)26-16-18-6-4-3-5-7-18/h3-9,12-13,15,22H,10-11,14,16H2,1-2H3. The van der Waals surface area contributed by atoms with Gasteiger partial charge in [0.2, 0.25) is 0 Å². The Balaban J connectivity index is 1.54. The monoisotopic (exact) mass is 351 g/mol. The summed E-state index contributed by atoms with van der Waals surface area (Å²) < 4.78 is 13.3. The van der Waals surface area contributed by atoms with E-state index in [1.807, 2.05) is 54.3 Å². The van der Waals surface area contributed by atoms with Gasteiger partial charge in [-0.05, 0) is 35.7 Å². The Morgan fingerprint density at radius 2 is 1.88 bits per heavy atom. The summed E-state index contributed by atoms with van der Waals surface area (Å²) in [5.41, 5.74) is 3.47. The fraction of sp³-hybridized carbons (Fsp3) is 0.286. The zero-order chi connectivity index (χ0) is 18.2. The molecule has 0 aliphatic carbocycles. The van der Waals surface area contributed by atoms with Crippen LogP contribution in [0.2, 0.25) is 0 Å². The molecule has 3 aromatic rings. The van der Waals surface area contributed by atoms with E-state index in [2.05, 4.69) is 28.6 Å². The van der Waals surface area contributed by atoms with Gasteiger partial charge in [0.15, 0.2) is 11.5 Å². The summed E-state index contributed by atoms with van der Waals surface area (Å²) >= 11 is 0. The van der Waals surface area contributed by atoms with Crippen LogP contribution >= 0.6 is 0 Å². The van der Waals surface area contributed by atoms with Crippen molar-refractivity contribution in [3.05, 3.63) is 77.6 Å². The molecule has 0 fully saturated rings. The van der Waals surface area contributed by atoms with Crippen molar-refractivity contribution in [3.63, 3.8) is 0 Å². The Bertz CT molecular complexity index is 815. The van der Waals surface area contributed by atoms with Crippen LogP contribution in [0.3, 0.4) is 0 Å². The smallest absolute Gasteiger partial charge is 0.161 e. The van der Waals surface area contributed by atoms with Gasteiger partial charge >= 0.3 is 0 Å². The van der Waals surface area contributed by atoms with Crippen LogP contribution in [-0.4, -0.2) is 23.4 Å². The molecule has 5 heteroatoms. The number of ether oxygens (including phenoxy) is 2. The Labute approximate surface area is 154 Å². The van der Waals surface area contributed by atoms with Gasteiger partial charge in [0, 0.05) is 19.3 Å². The lowest BCUT2D eigenvalue weighted by Crippen LogP contribution is -2.19. The third-order valence-electron chi connectivity index (χ3n) is 4.07. The maximum atomic E-state index is 5.97. The minimum atomic E-state index is 0.521. The molecule has 136 valence electrons. The zero-order valence-corrected chi connectivity index (χ0v) is 15.3. The average Bonchev–Trinajstić information content (AvgIpc) is 3.09. The summed E-state index contributed by atoms with van der Waals surface area (Å²) in [5.74, 6) is 1.51. The highest BCUT2D eigenvalue weighted by atomic mass is 16.5. The Morgan fingerprint density at radius 1 is 1.04 bits per heavy atom. The Kier molecular flexibility index (Phi) is 6.28. The second-order valence-corrected chi connectivity index (χ2v) is 6.22. The first-order valence-electron chi connectivity index (χ1n) is 8.78. The number of nitrogens with one attached hydrogen (secondary N) is 1. The summed E-state index contributed by atoms with van der Waals surface area (Å²) in [6.07, 6.45) is 3.92. The van der Waals surface area contributed by atoms with Gasteiger partial charge in [0.1, 0.15) is 6.61 Å². The van der Waals surface area contributed by atoms with Crippen molar-refractivity contribution < 1.29 is 9.47 Å². The third-order valence-corrected chi connectivity index (χ3v) is 4.07. The predicted molar refractivity (Wildman–Crippen MR) is 102 cm³/mol. The molecule has 1 aromatic heterocycles. The van der Waals surface area contributed by atoms with Gasteiger partial charge in [0.25, 0.3) is 0 Å². The van der Waals surface area contributed by atoms with E-state index in [1.54, 1.807) is 7.11 Å². The van der Waals surface area contributed by atoms with Crippen LogP contribution in [0.25, 0.3) is 0 Å². The molecule has 0 saturated carbocycles. The second kappa shape index (κ2) is 9.06. The molecule has 1 N–H and O–H groups in total. The summed E-state index contributed by atoms with van der Waals surface area (Å²) in [6.45, 7) is 5.04. The van der Waals surface area contributed by atoms with Crippen molar-refractivity contribution in [2.75, 3.05) is 13.7 Å². The van der Waals surface area contributed by atoms with E-state index in [0.717, 1.165) is 42.3 Å². The lowest BCUT2D eigenvalue weighted by Gasteiger charge is -2.13. The van der Waals surface area contributed by atoms with E-state index in [1.165, 1.54) is 5.56 Å². The molecule has 0 radical (unpaired) electrons. The van der Waals surface area contributed by atoms with Gasteiger partial charge in [-0.25, -0.2) is 0 Å². The number of hydrogen-bond acceptors (Lipinski definition) is 4. The first-order chi connectivity index (χ1) is 12.7. The molecule has 26 heavy (non-hydrogen) atoms. The summed E-state index contributed by atoms with van der Waals surface area (Å²) in [5, 5.41) is 7.73. The number of aryl methyl sites for hydroxylation is 1. The molecular formula is C21H25N3O2. The molecule has 0 amide bonds. The lowest BCUT2D eigenvalue weighted by atomic mass is 10.2. The average molecular weight is 351 g/mol. The van der Waals surface area contributed by atoms with Crippen LogP contribution in [0.5, 0.6) is 11.5 Å². The van der Waals surface area contributed by atoms with Crippen LogP contribution in [-0.2, 0) is 19.7 Å². The first kappa shape index (κ1) is 18.0. The molecule has 3 rings (SSSR count). The fourth-order valence-electron chi connectivity index (χ4n) is 2.69. The molecule has 0 aliphatic rings. The molecule has 1 heterocycles. The van der Waals surface area contributed by atoms with E-state index < -0.39 is 0 Å². The van der Waals surface area contributed by atoms with Crippen molar-refractivity contribution >= 4 is 0 Å². The van der Waals surface area contributed by atoms with Crippen molar-refractivity contribution in [1.82, 2.24) is 15.1 Å². The Hall–Kier alpha value is -2.79. The van der Waals surface area contributed by atoms with Crippen LogP contribution in [0.15, 0.2) is 60.9 Å². The molecule has 0 unspecified atom stereocenters. The van der Waals surface area contributed by atoms with Crippen molar-refractivity contribution in [1.29, 1.82) is 0 Å². The topological polar surface area (TPSA) is 48.3 Å². The maximum absolute atomic E-state index is 5.97. The van der Waals surface area contributed by atoms with Crippen LogP contribution < -0.4 is 14.8 Å². The number of rotatable bonds is 9. The number of hydrogen-bond donors (Lipinski definition) is 1. The molecule has 0 aliphatic heterocycles. The fourth-order valence-corrected chi connectivity index (χ4v) is 2.69. The van der Waals surface area contributed by atoms with E-state index in [0.29, 0.717) is 6.61 Å². The maximum Gasteiger partial charge on any atom is 0.161 e. The Morgan fingerprint density at radius 3 is 2.62 bits per heavy atom. The SMILES string of the molecule is COc1ccc(CNCCn2cc(C)cn2)cc1OCc1ccccc1. The lowest BCUT2D eigenvalue weighted by molar-refractivity contribution is 0.284. The quantitative estimate of drug-likeness (QED) is 0.599. The minimum Gasteiger partial charge on any atom is -0.493 e. The highest BCUT2D eigenvalue weighted by Crippen LogP contribution is 2.28. The number of methoxy groups -OCH3 is 1. The molecule has 0 saturated heterocycles. The van der Waals surface area contributed by atoms with E-state index >= 15 is 0 Å². The molecule has 0 spiro atoms. The normalized spacial score (nSPS) is 10.7. The van der Waals surface area contributed by atoms with Crippen molar-refractivity contribution in [2.45, 2.75) is 26.6 Å². The molecular weight excluding hydrogens is 326 g/mol. The summed E-state index contributed by atoms with van der Waals surface area (Å²) in [6, 6.07) is 16.2. The zero-order valence-electron chi connectivity index (χ0n) is 15.3. The highest BCUT2D eigenvalue weighted by molar-refractivity contribution is 5.43. The largest absolute Gasteiger partial charge is 0.493 e. The third kappa shape index (κ3) is 5.10. The minimum absolute atomic E-state index is 0.521. The van der Waals surface area contributed by atoms with Gasteiger partial charge in [-0.3, -0.25) is 4.68 Å². The number of benzene rings is 2. The van der Waals surface area contributed by atoms with Crippen LogP contribution in [0.4, 0.5) is 0 Å². The first-order valence-corrected chi connectivity index (χ1v) is 8.78. The van der Waals surface area contributed by atoms with E-state index in [9.17, 15) is 0 Å².